The first-order valence-electron chi connectivity index (χ1n) is 6.13. The van der Waals surface area contributed by atoms with Gasteiger partial charge < -0.3 is 0 Å². The number of rotatable bonds is 1. The van der Waals surface area contributed by atoms with Crippen LogP contribution in [0.1, 0.15) is 16.7 Å². The van der Waals surface area contributed by atoms with E-state index in [4.69, 9.17) is 29.6 Å². The Bertz CT molecular complexity index is 772. The number of benzene rings is 2. The molecule has 2 aromatic carbocycles. The van der Waals surface area contributed by atoms with Gasteiger partial charge in [0.25, 0.3) is 0 Å². The van der Waals surface area contributed by atoms with Crippen molar-refractivity contribution in [1.82, 2.24) is 0 Å². The van der Waals surface area contributed by atoms with Crippen LogP contribution in [0.3, 0.4) is 0 Å². The summed E-state index contributed by atoms with van der Waals surface area (Å²) in [6, 6.07) is 13.5. The normalized spacial score (nSPS) is 14.8. The Kier molecular flexibility index (Phi) is 3.40. The summed E-state index contributed by atoms with van der Waals surface area (Å²) in [7, 11) is 0. The third kappa shape index (κ3) is 2.39. The van der Waals surface area contributed by atoms with E-state index in [1.54, 1.807) is 0 Å². The van der Waals surface area contributed by atoms with Crippen LogP contribution in [0.5, 0.6) is 0 Å². The minimum atomic E-state index is 0.692. The lowest BCUT2D eigenvalue weighted by Crippen LogP contribution is -1.83. The van der Waals surface area contributed by atoms with Gasteiger partial charge in [-0.15, -0.1) is 6.42 Å². The SMILES string of the molecule is C#CC1=CC(=Cc2ccc(Cl)cc2)c2ccc(Cl)cc21. The highest BCUT2D eigenvalue weighted by Crippen LogP contribution is 2.37. The van der Waals surface area contributed by atoms with Crippen molar-refractivity contribution in [2.24, 2.45) is 0 Å². The number of fused-ring (bicyclic) bond motifs is 1. The highest BCUT2D eigenvalue weighted by Gasteiger charge is 2.17. The molecule has 0 spiro atoms. The molecule has 0 fully saturated rings. The van der Waals surface area contributed by atoms with Gasteiger partial charge in [-0.2, -0.15) is 0 Å². The summed E-state index contributed by atoms with van der Waals surface area (Å²) in [5, 5.41) is 1.42. The molecule has 0 bridgehead atoms. The molecule has 0 nitrogen and oxygen atoms in total. The van der Waals surface area contributed by atoms with E-state index in [9.17, 15) is 0 Å². The van der Waals surface area contributed by atoms with Crippen molar-refractivity contribution in [2.45, 2.75) is 0 Å². The van der Waals surface area contributed by atoms with E-state index in [0.717, 1.165) is 32.9 Å². The number of hydrogen-bond acceptors (Lipinski definition) is 0. The Morgan fingerprint density at radius 3 is 2.30 bits per heavy atom. The Morgan fingerprint density at radius 1 is 0.900 bits per heavy atom. The van der Waals surface area contributed by atoms with Crippen LogP contribution < -0.4 is 0 Å². The van der Waals surface area contributed by atoms with Gasteiger partial charge in [-0.05, 0) is 58.7 Å². The fourth-order valence-corrected chi connectivity index (χ4v) is 2.58. The molecule has 0 saturated heterocycles. The van der Waals surface area contributed by atoms with Crippen LogP contribution in [-0.2, 0) is 0 Å². The first-order valence-corrected chi connectivity index (χ1v) is 6.89. The van der Waals surface area contributed by atoms with Crippen molar-refractivity contribution < 1.29 is 0 Å². The van der Waals surface area contributed by atoms with Crippen LogP contribution in [0.15, 0.2) is 48.5 Å². The zero-order valence-corrected chi connectivity index (χ0v) is 12.0. The second-order valence-corrected chi connectivity index (χ2v) is 5.42. The first-order chi connectivity index (χ1) is 9.67. The van der Waals surface area contributed by atoms with E-state index in [1.807, 2.05) is 48.5 Å². The third-order valence-corrected chi connectivity index (χ3v) is 3.72. The van der Waals surface area contributed by atoms with E-state index in [1.165, 1.54) is 0 Å². The predicted molar refractivity (Wildman–Crippen MR) is 87.6 cm³/mol. The molecule has 0 amide bonds. The molecule has 96 valence electrons. The quantitative estimate of drug-likeness (QED) is 0.604. The molecule has 0 aromatic heterocycles. The fourth-order valence-electron chi connectivity index (χ4n) is 2.28. The largest absolute Gasteiger partial charge is 0.115 e. The summed E-state index contributed by atoms with van der Waals surface area (Å²) in [6.45, 7) is 0. The maximum absolute atomic E-state index is 6.04. The summed E-state index contributed by atoms with van der Waals surface area (Å²) < 4.78 is 0. The molecule has 20 heavy (non-hydrogen) atoms. The van der Waals surface area contributed by atoms with Crippen molar-refractivity contribution in [3.63, 3.8) is 0 Å². The lowest BCUT2D eigenvalue weighted by molar-refractivity contribution is 1.60. The topological polar surface area (TPSA) is 0 Å². The van der Waals surface area contributed by atoms with Crippen molar-refractivity contribution in [1.29, 1.82) is 0 Å². The number of terminal acetylenes is 1. The van der Waals surface area contributed by atoms with Crippen LogP contribution in [-0.4, -0.2) is 0 Å². The van der Waals surface area contributed by atoms with Gasteiger partial charge in [0.1, 0.15) is 0 Å². The minimum Gasteiger partial charge on any atom is -0.115 e. The molecule has 0 atom stereocenters. The van der Waals surface area contributed by atoms with Crippen LogP contribution in [0.4, 0.5) is 0 Å². The van der Waals surface area contributed by atoms with E-state index in [-0.39, 0.29) is 0 Å². The summed E-state index contributed by atoms with van der Waals surface area (Å²) in [4.78, 5) is 0. The monoisotopic (exact) mass is 296 g/mol. The molecule has 1 aliphatic carbocycles. The molecule has 0 radical (unpaired) electrons. The van der Waals surface area contributed by atoms with E-state index in [2.05, 4.69) is 12.0 Å². The zero-order chi connectivity index (χ0) is 14.1. The van der Waals surface area contributed by atoms with E-state index in [0.29, 0.717) is 5.02 Å². The molecule has 0 saturated carbocycles. The van der Waals surface area contributed by atoms with Crippen molar-refractivity contribution in [3.8, 4) is 12.3 Å². The standard InChI is InChI=1S/C18H10Cl2/c1-2-13-10-14(9-12-3-5-15(19)6-4-12)17-8-7-16(20)11-18(13)17/h1,3-11H. The van der Waals surface area contributed by atoms with Gasteiger partial charge in [0, 0.05) is 15.6 Å². The van der Waals surface area contributed by atoms with Gasteiger partial charge in [0.2, 0.25) is 0 Å². The highest BCUT2D eigenvalue weighted by molar-refractivity contribution is 6.31. The summed E-state index contributed by atoms with van der Waals surface area (Å²) in [6.07, 6.45) is 9.67. The van der Waals surface area contributed by atoms with Crippen molar-refractivity contribution in [3.05, 3.63) is 75.3 Å². The van der Waals surface area contributed by atoms with Gasteiger partial charge in [-0.3, -0.25) is 0 Å². The van der Waals surface area contributed by atoms with Crippen LogP contribution in [0, 0.1) is 12.3 Å². The molecule has 2 heteroatoms. The Morgan fingerprint density at radius 2 is 1.60 bits per heavy atom. The Balaban J connectivity index is 2.11. The molecule has 2 aromatic rings. The van der Waals surface area contributed by atoms with Gasteiger partial charge in [0.05, 0.1) is 0 Å². The van der Waals surface area contributed by atoms with Crippen LogP contribution >= 0.6 is 23.2 Å². The minimum absolute atomic E-state index is 0.692. The van der Waals surface area contributed by atoms with Gasteiger partial charge >= 0.3 is 0 Å². The van der Waals surface area contributed by atoms with Crippen LogP contribution in [0.2, 0.25) is 10.0 Å². The Labute approximate surface area is 128 Å². The lowest BCUT2D eigenvalue weighted by Gasteiger charge is -2.03. The zero-order valence-electron chi connectivity index (χ0n) is 10.5. The third-order valence-electron chi connectivity index (χ3n) is 3.23. The molecule has 0 heterocycles. The summed E-state index contributed by atoms with van der Waals surface area (Å²) >= 11 is 11.9. The van der Waals surface area contributed by atoms with Gasteiger partial charge in [-0.1, -0.05) is 47.3 Å². The maximum atomic E-state index is 6.04. The van der Waals surface area contributed by atoms with Gasteiger partial charge in [-0.25, -0.2) is 0 Å². The predicted octanol–water partition coefficient (Wildman–Crippen LogP) is 5.56. The maximum Gasteiger partial charge on any atom is 0.0412 e. The molecule has 0 aliphatic heterocycles. The molecular formula is C18H10Cl2. The average molecular weight is 297 g/mol. The number of allylic oxidation sites excluding steroid dienone is 3. The van der Waals surface area contributed by atoms with E-state index < -0.39 is 0 Å². The molecule has 0 N–H and O–H groups in total. The molecular weight excluding hydrogens is 287 g/mol. The van der Waals surface area contributed by atoms with Crippen molar-refractivity contribution in [2.75, 3.05) is 0 Å². The number of halogens is 2. The fraction of sp³-hybridized carbons (Fsp3) is 0. The van der Waals surface area contributed by atoms with E-state index >= 15 is 0 Å². The Hall–Kier alpha value is -1.94. The molecule has 3 rings (SSSR count). The second kappa shape index (κ2) is 5.21. The summed E-state index contributed by atoms with van der Waals surface area (Å²) in [5.74, 6) is 2.71. The smallest absolute Gasteiger partial charge is 0.0412 e. The van der Waals surface area contributed by atoms with Crippen molar-refractivity contribution >= 4 is 40.4 Å². The van der Waals surface area contributed by atoms with Gasteiger partial charge in [0.15, 0.2) is 0 Å². The first kappa shape index (κ1) is 13.1. The van der Waals surface area contributed by atoms with Crippen LogP contribution in [0.25, 0.3) is 17.2 Å². The number of hydrogen-bond donors (Lipinski definition) is 0. The highest BCUT2D eigenvalue weighted by atomic mass is 35.5. The summed E-state index contributed by atoms with van der Waals surface area (Å²) in [5.41, 5.74) is 5.16. The second-order valence-electron chi connectivity index (χ2n) is 4.54. The lowest BCUT2D eigenvalue weighted by atomic mass is 10.0. The molecule has 0 unspecified atom stereocenters. The molecule has 1 aliphatic rings. The average Bonchev–Trinajstić information content (AvgIpc) is 2.78.